The van der Waals surface area contributed by atoms with Crippen molar-refractivity contribution < 1.29 is 24.3 Å². The van der Waals surface area contributed by atoms with Crippen molar-refractivity contribution in [2.45, 2.75) is 6.29 Å². The Morgan fingerprint density at radius 3 is 2.67 bits per heavy atom. The summed E-state index contributed by atoms with van der Waals surface area (Å²) in [6.07, 6.45) is -1.43. The van der Waals surface area contributed by atoms with Crippen molar-refractivity contribution in [3.63, 3.8) is 0 Å². The van der Waals surface area contributed by atoms with Gasteiger partial charge in [-0.1, -0.05) is 0 Å². The molecule has 0 saturated carbocycles. The molecule has 0 amide bonds. The first-order valence-electron chi connectivity index (χ1n) is 3.92. The largest absolute Gasteiger partial charge is 0.476 e. The molecule has 0 saturated heterocycles. The summed E-state index contributed by atoms with van der Waals surface area (Å²) in [5.74, 6) is -1.03. The zero-order chi connectivity index (χ0) is 11.0. The van der Waals surface area contributed by atoms with Crippen molar-refractivity contribution in [3.8, 4) is 11.5 Å². The Bertz CT molecular complexity index is 443. The van der Waals surface area contributed by atoms with Crippen LogP contribution in [0.1, 0.15) is 0 Å². The SMILES string of the molecule is O=C(O)C1Oc2ccc([N+](=O)[O-])cc2O1. The highest BCUT2D eigenvalue weighted by Gasteiger charge is 2.31. The lowest BCUT2D eigenvalue weighted by molar-refractivity contribution is -0.384. The zero-order valence-corrected chi connectivity index (χ0v) is 7.25. The topological polar surface area (TPSA) is 98.9 Å². The first-order chi connectivity index (χ1) is 7.08. The van der Waals surface area contributed by atoms with Gasteiger partial charge in [0, 0.05) is 6.07 Å². The minimum Gasteiger partial charge on any atom is -0.476 e. The number of carboxylic acids is 1. The van der Waals surface area contributed by atoms with Gasteiger partial charge in [-0.25, -0.2) is 4.79 Å². The predicted octanol–water partition coefficient (Wildman–Crippen LogP) is 0.777. The molecule has 7 nitrogen and oxygen atoms in total. The highest BCUT2D eigenvalue weighted by molar-refractivity contribution is 5.73. The van der Waals surface area contributed by atoms with Gasteiger partial charge in [0.25, 0.3) is 5.69 Å². The average molecular weight is 211 g/mol. The van der Waals surface area contributed by atoms with Crippen LogP contribution >= 0.6 is 0 Å². The van der Waals surface area contributed by atoms with Crippen LogP contribution < -0.4 is 9.47 Å². The van der Waals surface area contributed by atoms with E-state index in [1.54, 1.807) is 0 Å². The number of benzene rings is 1. The number of non-ortho nitro benzene ring substituents is 1. The van der Waals surface area contributed by atoms with Crippen LogP contribution in [-0.2, 0) is 4.79 Å². The van der Waals surface area contributed by atoms with Gasteiger partial charge in [-0.15, -0.1) is 0 Å². The fourth-order valence-electron chi connectivity index (χ4n) is 1.16. The third-order valence-corrected chi connectivity index (χ3v) is 1.81. The molecule has 2 rings (SSSR count). The number of nitro benzene ring substituents is 1. The van der Waals surface area contributed by atoms with E-state index in [1.807, 2.05) is 0 Å². The van der Waals surface area contributed by atoms with Gasteiger partial charge < -0.3 is 14.6 Å². The first kappa shape index (κ1) is 9.25. The van der Waals surface area contributed by atoms with Crippen molar-refractivity contribution in [2.75, 3.05) is 0 Å². The second-order valence-corrected chi connectivity index (χ2v) is 2.79. The predicted molar refractivity (Wildman–Crippen MR) is 45.8 cm³/mol. The molecule has 7 heteroatoms. The number of carbonyl (C=O) groups is 1. The van der Waals surface area contributed by atoms with Crippen molar-refractivity contribution >= 4 is 11.7 Å². The van der Waals surface area contributed by atoms with Crippen LogP contribution in [0.4, 0.5) is 5.69 Å². The minimum absolute atomic E-state index is 0.0663. The van der Waals surface area contributed by atoms with Gasteiger partial charge in [-0.3, -0.25) is 10.1 Å². The molecule has 1 aromatic carbocycles. The number of rotatable bonds is 2. The Balaban J connectivity index is 2.31. The summed E-state index contributed by atoms with van der Waals surface area (Å²) in [7, 11) is 0. The van der Waals surface area contributed by atoms with Crippen LogP contribution in [0.3, 0.4) is 0 Å². The smallest absolute Gasteiger partial charge is 0.387 e. The highest BCUT2D eigenvalue weighted by Crippen LogP contribution is 2.37. The molecule has 0 fully saturated rings. The molecular weight excluding hydrogens is 206 g/mol. The molecule has 15 heavy (non-hydrogen) atoms. The third kappa shape index (κ3) is 1.54. The summed E-state index contributed by atoms with van der Waals surface area (Å²) < 4.78 is 9.69. The number of aliphatic carboxylic acids is 1. The van der Waals surface area contributed by atoms with E-state index in [4.69, 9.17) is 14.6 Å². The van der Waals surface area contributed by atoms with Crippen molar-refractivity contribution in [1.82, 2.24) is 0 Å². The van der Waals surface area contributed by atoms with E-state index in [2.05, 4.69) is 0 Å². The Kier molecular flexibility index (Phi) is 1.93. The third-order valence-electron chi connectivity index (χ3n) is 1.81. The molecule has 1 unspecified atom stereocenters. The summed E-state index contributed by atoms with van der Waals surface area (Å²) in [6.45, 7) is 0. The van der Waals surface area contributed by atoms with Crippen LogP contribution in [0.25, 0.3) is 0 Å². The second-order valence-electron chi connectivity index (χ2n) is 2.79. The molecule has 0 aliphatic carbocycles. The molecule has 1 aromatic rings. The molecular formula is C8H5NO6. The summed E-state index contributed by atoms with van der Waals surface area (Å²) in [6, 6.07) is 3.64. The molecule has 0 radical (unpaired) electrons. The molecule has 1 aliphatic rings. The van der Waals surface area contributed by atoms with Crippen molar-refractivity contribution in [1.29, 1.82) is 0 Å². The van der Waals surface area contributed by atoms with Crippen LogP contribution in [-0.4, -0.2) is 22.3 Å². The number of nitro groups is 1. The average Bonchev–Trinajstić information content (AvgIpc) is 2.59. The van der Waals surface area contributed by atoms with Crippen LogP contribution in [0, 0.1) is 10.1 Å². The first-order valence-corrected chi connectivity index (χ1v) is 3.92. The highest BCUT2D eigenvalue weighted by atomic mass is 16.7. The normalized spacial score (nSPS) is 17.5. The van der Waals surface area contributed by atoms with Crippen molar-refractivity contribution in [2.24, 2.45) is 0 Å². The fraction of sp³-hybridized carbons (Fsp3) is 0.125. The van der Waals surface area contributed by atoms with Crippen molar-refractivity contribution in [3.05, 3.63) is 28.3 Å². The maximum atomic E-state index is 10.5. The number of ether oxygens (including phenoxy) is 2. The summed E-state index contributed by atoms with van der Waals surface area (Å²) in [4.78, 5) is 20.3. The number of fused-ring (bicyclic) bond motifs is 1. The monoisotopic (exact) mass is 211 g/mol. The van der Waals surface area contributed by atoms with Gasteiger partial charge in [0.05, 0.1) is 11.0 Å². The minimum atomic E-state index is -1.43. The van der Waals surface area contributed by atoms with Gasteiger partial charge >= 0.3 is 12.3 Å². The van der Waals surface area contributed by atoms with Crippen LogP contribution in [0.5, 0.6) is 11.5 Å². The maximum absolute atomic E-state index is 10.5. The molecule has 0 bridgehead atoms. The van der Waals surface area contributed by atoms with Gasteiger partial charge in [0.1, 0.15) is 0 Å². The van der Waals surface area contributed by atoms with E-state index in [1.165, 1.54) is 12.1 Å². The number of nitrogens with zero attached hydrogens (tertiary/aromatic N) is 1. The van der Waals surface area contributed by atoms with E-state index in [-0.39, 0.29) is 17.2 Å². The lowest BCUT2D eigenvalue weighted by atomic mass is 10.3. The number of hydrogen-bond acceptors (Lipinski definition) is 5. The Hall–Kier alpha value is -2.31. The summed E-state index contributed by atoms with van der Waals surface area (Å²) in [5, 5.41) is 19.0. The second kappa shape index (κ2) is 3.12. The van der Waals surface area contributed by atoms with E-state index in [0.717, 1.165) is 6.07 Å². The van der Waals surface area contributed by atoms with E-state index >= 15 is 0 Å². The van der Waals surface area contributed by atoms with Crippen LogP contribution in [0.2, 0.25) is 0 Å². The fourth-order valence-corrected chi connectivity index (χ4v) is 1.16. The summed E-state index contributed by atoms with van der Waals surface area (Å²) >= 11 is 0. The van der Waals surface area contributed by atoms with Gasteiger partial charge in [0.2, 0.25) is 0 Å². The molecule has 1 aliphatic heterocycles. The van der Waals surface area contributed by atoms with E-state index < -0.39 is 17.2 Å². The Morgan fingerprint density at radius 2 is 2.07 bits per heavy atom. The Morgan fingerprint density at radius 1 is 1.40 bits per heavy atom. The standard InChI is InChI=1S/C8H5NO6/c10-7(11)8-14-5-2-1-4(9(12)13)3-6(5)15-8/h1-3,8H,(H,10,11). The molecule has 1 heterocycles. The quantitative estimate of drug-likeness (QED) is 0.573. The van der Waals surface area contributed by atoms with E-state index in [0.29, 0.717) is 0 Å². The van der Waals surface area contributed by atoms with Gasteiger partial charge in [-0.05, 0) is 6.07 Å². The zero-order valence-electron chi connectivity index (χ0n) is 7.25. The van der Waals surface area contributed by atoms with Gasteiger partial charge in [-0.2, -0.15) is 0 Å². The molecule has 78 valence electrons. The lowest BCUT2D eigenvalue weighted by Gasteiger charge is -2.01. The lowest BCUT2D eigenvalue weighted by Crippen LogP contribution is -2.28. The van der Waals surface area contributed by atoms with Gasteiger partial charge in [0.15, 0.2) is 11.5 Å². The van der Waals surface area contributed by atoms with E-state index in [9.17, 15) is 14.9 Å². The molecule has 1 N–H and O–H groups in total. The number of hydrogen-bond donors (Lipinski definition) is 1. The Labute approximate surface area is 83.0 Å². The molecule has 0 spiro atoms. The molecule has 1 atom stereocenters. The molecule has 0 aromatic heterocycles. The number of carboxylic acid groups (broad SMARTS) is 1. The summed E-state index contributed by atoms with van der Waals surface area (Å²) in [5.41, 5.74) is -0.177. The maximum Gasteiger partial charge on any atom is 0.387 e. The van der Waals surface area contributed by atoms with Crippen LogP contribution in [0.15, 0.2) is 18.2 Å².